The van der Waals surface area contributed by atoms with Gasteiger partial charge in [0.2, 0.25) is 5.91 Å². The lowest BCUT2D eigenvalue weighted by molar-refractivity contribution is -0.123. The number of nitrogens with two attached hydrogens (primary N) is 1. The fourth-order valence-electron chi connectivity index (χ4n) is 1.84. The van der Waals surface area contributed by atoms with Crippen LogP contribution in [0.3, 0.4) is 0 Å². The van der Waals surface area contributed by atoms with Crippen molar-refractivity contribution in [1.82, 2.24) is 0 Å². The smallest absolute Gasteiger partial charge is 0.225 e. The van der Waals surface area contributed by atoms with Gasteiger partial charge in [0.25, 0.3) is 0 Å². The summed E-state index contributed by atoms with van der Waals surface area (Å²) in [6.07, 6.45) is 5.36. The third kappa shape index (κ3) is 2.29. The van der Waals surface area contributed by atoms with Crippen LogP contribution >= 0.6 is 0 Å². The first kappa shape index (κ1) is 11.6. The summed E-state index contributed by atoms with van der Waals surface area (Å²) in [6.45, 7) is 8.03. The summed E-state index contributed by atoms with van der Waals surface area (Å²) in [7, 11) is 0. The molecule has 82 valence electrons. The molecule has 1 aliphatic heterocycles. The zero-order valence-corrected chi connectivity index (χ0v) is 9.19. The molecule has 0 radical (unpaired) electrons. The van der Waals surface area contributed by atoms with Crippen molar-refractivity contribution in [3.8, 4) is 0 Å². The number of allylic oxidation sites excluding steroid dienone is 3. The fraction of sp³-hybridized carbons (Fsp3) is 0.417. The van der Waals surface area contributed by atoms with Crippen molar-refractivity contribution in [2.75, 3.05) is 6.61 Å². The first-order chi connectivity index (χ1) is 7.11. The molecule has 15 heavy (non-hydrogen) atoms. The van der Waals surface area contributed by atoms with Crippen molar-refractivity contribution >= 4 is 5.91 Å². The quantitative estimate of drug-likeness (QED) is 0.766. The van der Waals surface area contributed by atoms with Crippen LogP contribution in [0.4, 0.5) is 0 Å². The van der Waals surface area contributed by atoms with E-state index in [1.54, 1.807) is 6.08 Å². The van der Waals surface area contributed by atoms with Gasteiger partial charge in [-0.3, -0.25) is 4.79 Å². The number of rotatable bonds is 3. The number of primary amides is 1. The summed E-state index contributed by atoms with van der Waals surface area (Å²) in [5.41, 5.74) is 6.23. The zero-order chi connectivity index (χ0) is 11.4. The third-order valence-corrected chi connectivity index (χ3v) is 2.53. The topological polar surface area (TPSA) is 52.3 Å². The van der Waals surface area contributed by atoms with Crippen LogP contribution in [0.5, 0.6) is 0 Å². The second-order valence-corrected chi connectivity index (χ2v) is 3.69. The van der Waals surface area contributed by atoms with E-state index in [9.17, 15) is 4.79 Å². The Morgan fingerprint density at radius 1 is 1.67 bits per heavy atom. The molecule has 1 aliphatic rings. The fourth-order valence-corrected chi connectivity index (χ4v) is 1.84. The van der Waals surface area contributed by atoms with E-state index >= 15 is 0 Å². The normalized spacial score (nSPS) is 26.5. The molecule has 0 bridgehead atoms. The van der Waals surface area contributed by atoms with E-state index in [4.69, 9.17) is 10.5 Å². The lowest BCUT2D eigenvalue weighted by Gasteiger charge is -2.29. The van der Waals surface area contributed by atoms with Crippen LogP contribution in [0.25, 0.3) is 0 Å². The minimum atomic E-state index is -0.307. The maximum absolute atomic E-state index is 11.4. The second-order valence-electron chi connectivity index (χ2n) is 3.69. The molecule has 1 rings (SSSR count). The molecule has 1 heterocycles. The molecule has 0 aromatic rings. The van der Waals surface area contributed by atoms with Crippen LogP contribution < -0.4 is 5.73 Å². The van der Waals surface area contributed by atoms with Gasteiger partial charge in [0, 0.05) is 11.5 Å². The third-order valence-electron chi connectivity index (χ3n) is 2.53. The monoisotopic (exact) mass is 207 g/mol. The number of ether oxygens (including phenoxy) is 1. The molecule has 2 atom stereocenters. The summed E-state index contributed by atoms with van der Waals surface area (Å²) in [4.78, 5) is 11.4. The molecule has 3 heteroatoms. The van der Waals surface area contributed by atoms with Gasteiger partial charge in [-0.2, -0.15) is 0 Å². The number of carbonyl (C=O) groups excluding carboxylic acids is 1. The van der Waals surface area contributed by atoms with Crippen molar-refractivity contribution in [2.45, 2.75) is 13.8 Å². The summed E-state index contributed by atoms with van der Waals surface area (Å²) in [5, 5.41) is 0. The predicted molar refractivity (Wildman–Crippen MR) is 59.8 cm³/mol. The molecular weight excluding hydrogens is 190 g/mol. The van der Waals surface area contributed by atoms with E-state index in [1.807, 2.05) is 26.0 Å². The first-order valence-corrected chi connectivity index (χ1v) is 5.03. The molecule has 0 aliphatic carbocycles. The van der Waals surface area contributed by atoms with Crippen LogP contribution in [0, 0.1) is 11.8 Å². The largest absolute Gasteiger partial charge is 0.493 e. The Bertz CT molecular complexity index is 329. The van der Waals surface area contributed by atoms with E-state index in [0.29, 0.717) is 12.4 Å². The Kier molecular flexibility index (Phi) is 3.72. The van der Waals surface area contributed by atoms with Gasteiger partial charge in [0.1, 0.15) is 5.76 Å². The molecule has 0 aromatic carbocycles. The predicted octanol–water partition coefficient (Wildman–Crippen LogP) is 1.77. The highest BCUT2D eigenvalue weighted by atomic mass is 16.5. The van der Waals surface area contributed by atoms with Crippen molar-refractivity contribution in [3.05, 3.63) is 36.1 Å². The summed E-state index contributed by atoms with van der Waals surface area (Å²) < 4.78 is 5.49. The van der Waals surface area contributed by atoms with E-state index in [-0.39, 0.29) is 17.7 Å². The van der Waals surface area contributed by atoms with Crippen molar-refractivity contribution in [1.29, 1.82) is 0 Å². The molecule has 1 amide bonds. The molecule has 0 spiro atoms. The van der Waals surface area contributed by atoms with Gasteiger partial charge in [-0.25, -0.2) is 0 Å². The molecule has 2 unspecified atom stereocenters. The van der Waals surface area contributed by atoms with Crippen LogP contribution in [0.2, 0.25) is 0 Å². The van der Waals surface area contributed by atoms with Gasteiger partial charge in [-0.15, -0.1) is 0 Å². The Hall–Kier alpha value is -1.51. The minimum absolute atomic E-state index is 0.109. The van der Waals surface area contributed by atoms with E-state index in [0.717, 1.165) is 5.57 Å². The summed E-state index contributed by atoms with van der Waals surface area (Å²) in [5.74, 6) is 0.189. The lowest BCUT2D eigenvalue weighted by Crippen LogP contribution is -2.35. The number of hydrogen-bond acceptors (Lipinski definition) is 2. The second kappa shape index (κ2) is 4.82. The van der Waals surface area contributed by atoms with Gasteiger partial charge in [-0.1, -0.05) is 25.7 Å². The van der Waals surface area contributed by atoms with E-state index in [1.165, 1.54) is 0 Å². The van der Waals surface area contributed by atoms with Crippen molar-refractivity contribution in [2.24, 2.45) is 17.6 Å². The van der Waals surface area contributed by atoms with Crippen LogP contribution in [-0.4, -0.2) is 12.5 Å². The molecular formula is C12H17NO2. The number of hydrogen-bond donors (Lipinski definition) is 1. The van der Waals surface area contributed by atoms with Gasteiger partial charge in [0.05, 0.1) is 12.5 Å². The van der Waals surface area contributed by atoms with Crippen molar-refractivity contribution in [3.63, 3.8) is 0 Å². The average molecular weight is 207 g/mol. The van der Waals surface area contributed by atoms with Gasteiger partial charge in [0.15, 0.2) is 0 Å². The number of amides is 1. The van der Waals surface area contributed by atoms with Gasteiger partial charge >= 0.3 is 0 Å². The average Bonchev–Trinajstić information content (AvgIpc) is 2.18. The van der Waals surface area contributed by atoms with Gasteiger partial charge < -0.3 is 10.5 Å². The Morgan fingerprint density at radius 2 is 2.33 bits per heavy atom. The Balaban J connectivity index is 3.18. The molecule has 0 saturated heterocycles. The highest BCUT2D eigenvalue weighted by molar-refractivity contribution is 5.81. The maximum Gasteiger partial charge on any atom is 0.225 e. The van der Waals surface area contributed by atoms with E-state index in [2.05, 4.69) is 6.58 Å². The zero-order valence-electron chi connectivity index (χ0n) is 9.19. The molecule has 0 saturated carbocycles. The van der Waals surface area contributed by atoms with Crippen LogP contribution in [-0.2, 0) is 9.53 Å². The van der Waals surface area contributed by atoms with E-state index < -0.39 is 0 Å². The van der Waals surface area contributed by atoms with Gasteiger partial charge in [-0.05, 0) is 13.0 Å². The highest BCUT2D eigenvalue weighted by Gasteiger charge is 2.32. The summed E-state index contributed by atoms with van der Waals surface area (Å²) in [6, 6.07) is 0. The molecule has 3 nitrogen and oxygen atoms in total. The maximum atomic E-state index is 11.4. The summed E-state index contributed by atoms with van der Waals surface area (Å²) >= 11 is 0. The van der Waals surface area contributed by atoms with Crippen LogP contribution in [0.15, 0.2) is 36.1 Å². The Labute approximate surface area is 90.3 Å². The highest BCUT2D eigenvalue weighted by Crippen LogP contribution is 2.31. The molecule has 0 aromatic heterocycles. The SMILES string of the molecule is C=CC1=C(/C=C\C)C(C(N)=O)C(C)CO1. The Morgan fingerprint density at radius 3 is 2.80 bits per heavy atom. The minimum Gasteiger partial charge on any atom is -0.493 e. The van der Waals surface area contributed by atoms with Crippen molar-refractivity contribution < 1.29 is 9.53 Å². The van der Waals surface area contributed by atoms with Crippen LogP contribution in [0.1, 0.15) is 13.8 Å². The standard InChI is InChI=1S/C12H17NO2/c1-4-6-9-10(5-2)15-7-8(3)11(9)12(13)14/h4-6,8,11H,2,7H2,1,3H3,(H2,13,14)/b6-4-. The molecule has 2 N–H and O–H groups in total. The number of carbonyl (C=O) groups is 1. The lowest BCUT2D eigenvalue weighted by atomic mass is 9.84. The molecule has 0 fully saturated rings. The first-order valence-electron chi connectivity index (χ1n) is 5.03.